The smallest absolute Gasteiger partial charge is 0.326 e. The SMILES string of the molecule is CC(C)C[C@H](NC(=O)c1ccccc1)C(=O)N[C@H](C(=O)O)C(C)C. The van der Waals surface area contributed by atoms with Crippen LogP contribution < -0.4 is 10.6 Å². The van der Waals surface area contributed by atoms with Gasteiger partial charge in [0, 0.05) is 5.56 Å². The molecule has 24 heavy (non-hydrogen) atoms. The Morgan fingerprint density at radius 3 is 2.04 bits per heavy atom. The molecule has 6 nitrogen and oxygen atoms in total. The first-order chi connectivity index (χ1) is 11.2. The van der Waals surface area contributed by atoms with Crippen molar-refractivity contribution in [3.63, 3.8) is 0 Å². The number of carbonyl (C=O) groups is 3. The lowest BCUT2D eigenvalue weighted by Crippen LogP contribution is -2.53. The third kappa shape index (κ3) is 6.02. The van der Waals surface area contributed by atoms with Crippen molar-refractivity contribution in [2.24, 2.45) is 11.8 Å². The van der Waals surface area contributed by atoms with E-state index in [1.165, 1.54) is 0 Å². The van der Waals surface area contributed by atoms with Gasteiger partial charge in [-0.3, -0.25) is 9.59 Å². The van der Waals surface area contributed by atoms with Gasteiger partial charge < -0.3 is 15.7 Å². The van der Waals surface area contributed by atoms with E-state index in [0.29, 0.717) is 12.0 Å². The minimum absolute atomic E-state index is 0.166. The van der Waals surface area contributed by atoms with E-state index in [2.05, 4.69) is 10.6 Å². The fraction of sp³-hybridized carbons (Fsp3) is 0.500. The van der Waals surface area contributed by atoms with Gasteiger partial charge >= 0.3 is 5.97 Å². The minimum Gasteiger partial charge on any atom is -0.480 e. The second kappa shape index (κ2) is 9.05. The van der Waals surface area contributed by atoms with Crippen molar-refractivity contribution in [2.75, 3.05) is 0 Å². The van der Waals surface area contributed by atoms with Gasteiger partial charge in [0.25, 0.3) is 5.91 Å². The second-order valence-corrected chi connectivity index (χ2v) is 6.59. The molecule has 132 valence electrons. The first kappa shape index (κ1) is 19.7. The highest BCUT2D eigenvalue weighted by Crippen LogP contribution is 2.09. The lowest BCUT2D eigenvalue weighted by atomic mass is 10.00. The number of carbonyl (C=O) groups excluding carboxylic acids is 2. The van der Waals surface area contributed by atoms with Gasteiger partial charge in [-0.25, -0.2) is 4.79 Å². The van der Waals surface area contributed by atoms with Crippen molar-refractivity contribution < 1.29 is 19.5 Å². The summed E-state index contributed by atoms with van der Waals surface area (Å²) in [6.45, 7) is 7.32. The Bertz CT molecular complexity index is 570. The third-order valence-corrected chi connectivity index (χ3v) is 3.60. The molecule has 0 unspecified atom stereocenters. The fourth-order valence-corrected chi connectivity index (χ4v) is 2.30. The van der Waals surface area contributed by atoms with E-state index in [9.17, 15) is 19.5 Å². The van der Waals surface area contributed by atoms with Gasteiger partial charge in [-0.1, -0.05) is 45.9 Å². The summed E-state index contributed by atoms with van der Waals surface area (Å²) in [6, 6.07) is 6.84. The molecule has 1 aromatic carbocycles. The maximum atomic E-state index is 12.5. The number of carboxylic acid groups (broad SMARTS) is 1. The first-order valence-electron chi connectivity index (χ1n) is 8.11. The van der Waals surface area contributed by atoms with Crippen molar-refractivity contribution in [1.82, 2.24) is 10.6 Å². The van der Waals surface area contributed by atoms with E-state index in [-0.39, 0.29) is 17.7 Å². The molecular formula is C18H26N2O4. The van der Waals surface area contributed by atoms with Gasteiger partial charge in [-0.05, 0) is 30.4 Å². The van der Waals surface area contributed by atoms with E-state index < -0.39 is 24.0 Å². The minimum atomic E-state index is -1.09. The van der Waals surface area contributed by atoms with Crippen molar-refractivity contribution in [1.29, 1.82) is 0 Å². The molecule has 0 aromatic heterocycles. The Morgan fingerprint density at radius 1 is 1.00 bits per heavy atom. The molecule has 3 N–H and O–H groups in total. The van der Waals surface area contributed by atoms with Gasteiger partial charge in [0.05, 0.1) is 0 Å². The maximum absolute atomic E-state index is 12.5. The van der Waals surface area contributed by atoms with Crippen LogP contribution in [0.25, 0.3) is 0 Å². The Hall–Kier alpha value is -2.37. The fourth-order valence-electron chi connectivity index (χ4n) is 2.30. The van der Waals surface area contributed by atoms with Crippen molar-refractivity contribution in [3.8, 4) is 0 Å². The molecule has 0 heterocycles. The Balaban J connectivity index is 2.86. The maximum Gasteiger partial charge on any atom is 0.326 e. The van der Waals surface area contributed by atoms with Crippen molar-refractivity contribution >= 4 is 17.8 Å². The van der Waals surface area contributed by atoms with E-state index in [4.69, 9.17) is 0 Å². The standard InChI is InChI=1S/C18H26N2O4/c1-11(2)10-14(17(22)20-15(12(3)4)18(23)24)19-16(21)13-8-6-5-7-9-13/h5-9,11-12,14-15H,10H2,1-4H3,(H,19,21)(H,20,22)(H,23,24)/t14-,15-/m0/s1. The van der Waals surface area contributed by atoms with E-state index in [1.54, 1.807) is 44.2 Å². The topological polar surface area (TPSA) is 95.5 Å². The molecule has 0 aliphatic carbocycles. The van der Waals surface area contributed by atoms with Crippen LogP contribution in [0.3, 0.4) is 0 Å². The molecule has 0 saturated heterocycles. The number of rotatable bonds is 8. The summed E-state index contributed by atoms with van der Waals surface area (Å²) < 4.78 is 0. The third-order valence-electron chi connectivity index (χ3n) is 3.60. The average molecular weight is 334 g/mol. The number of aliphatic carboxylic acids is 1. The normalized spacial score (nSPS) is 13.4. The highest BCUT2D eigenvalue weighted by Gasteiger charge is 2.29. The first-order valence-corrected chi connectivity index (χ1v) is 8.11. The van der Waals surface area contributed by atoms with Crippen LogP contribution in [-0.4, -0.2) is 35.0 Å². The second-order valence-electron chi connectivity index (χ2n) is 6.59. The molecule has 6 heteroatoms. The Labute approximate surface area is 142 Å². The van der Waals surface area contributed by atoms with Gasteiger partial charge in [-0.2, -0.15) is 0 Å². The van der Waals surface area contributed by atoms with E-state index >= 15 is 0 Å². The molecule has 2 amide bonds. The highest BCUT2D eigenvalue weighted by atomic mass is 16.4. The lowest BCUT2D eigenvalue weighted by Gasteiger charge is -2.24. The molecule has 0 aliphatic rings. The van der Waals surface area contributed by atoms with Crippen LogP contribution in [0.4, 0.5) is 0 Å². The van der Waals surface area contributed by atoms with E-state index in [1.807, 2.05) is 13.8 Å². The van der Waals surface area contributed by atoms with Crippen molar-refractivity contribution in [3.05, 3.63) is 35.9 Å². The molecule has 2 atom stereocenters. The number of hydrogen-bond acceptors (Lipinski definition) is 3. The van der Waals surface area contributed by atoms with Crippen molar-refractivity contribution in [2.45, 2.75) is 46.2 Å². The zero-order valence-corrected chi connectivity index (χ0v) is 14.6. The molecular weight excluding hydrogens is 308 g/mol. The summed E-state index contributed by atoms with van der Waals surface area (Å²) >= 11 is 0. The Kier molecular flexibility index (Phi) is 7.42. The number of benzene rings is 1. The highest BCUT2D eigenvalue weighted by molar-refractivity contribution is 5.98. The molecule has 0 spiro atoms. The Morgan fingerprint density at radius 2 is 1.58 bits per heavy atom. The summed E-state index contributed by atoms with van der Waals surface area (Å²) in [7, 11) is 0. The summed E-state index contributed by atoms with van der Waals surface area (Å²) in [5.41, 5.74) is 0.456. The number of carboxylic acids is 1. The van der Waals surface area contributed by atoms with Crippen LogP contribution in [0.5, 0.6) is 0 Å². The number of nitrogens with one attached hydrogen (secondary N) is 2. The van der Waals surface area contributed by atoms with Crippen LogP contribution in [0.2, 0.25) is 0 Å². The molecule has 0 fully saturated rings. The predicted molar refractivity (Wildman–Crippen MR) is 91.6 cm³/mol. The van der Waals surface area contributed by atoms with Crippen LogP contribution in [0, 0.1) is 11.8 Å². The lowest BCUT2D eigenvalue weighted by molar-refractivity contribution is -0.143. The summed E-state index contributed by atoms with van der Waals surface area (Å²) in [4.78, 5) is 36.0. The zero-order chi connectivity index (χ0) is 18.3. The molecule has 0 saturated carbocycles. The molecule has 1 rings (SSSR count). The monoisotopic (exact) mass is 334 g/mol. The summed E-state index contributed by atoms with van der Waals surface area (Å²) in [5, 5.41) is 14.4. The quantitative estimate of drug-likeness (QED) is 0.678. The van der Waals surface area contributed by atoms with Gasteiger partial charge in [-0.15, -0.1) is 0 Å². The zero-order valence-electron chi connectivity index (χ0n) is 14.6. The van der Waals surface area contributed by atoms with Crippen LogP contribution in [0.1, 0.15) is 44.5 Å². The molecule has 0 bridgehead atoms. The average Bonchev–Trinajstić information content (AvgIpc) is 2.51. The summed E-state index contributed by atoms with van der Waals surface area (Å²) in [5.74, 6) is -2.01. The van der Waals surface area contributed by atoms with Crippen LogP contribution >= 0.6 is 0 Å². The molecule has 1 aromatic rings. The van der Waals surface area contributed by atoms with Crippen LogP contribution in [0.15, 0.2) is 30.3 Å². The number of hydrogen-bond donors (Lipinski definition) is 3. The molecule has 0 radical (unpaired) electrons. The van der Waals surface area contributed by atoms with Gasteiger partial charge in [0.2, 0.25) is 5.91 Å². The van der Waals surface area contributed by atoms with E-state index in [0.717, 1.165) is 0 Å². The van der Waals surface area contributed by atoms with Gasteiger partial charge in [0.15, 0.2) is 0 Å². The van der Waals surface area contributed by atoms with Gasteiger partial charge in [0.1, 0.15) is 12.1 Å². The van der Waals surface area contributed by atoms with Crippen LogP contribution in [-0.2, 0) is 9.59 Å². The number of amides is 2. The summed E-state index contributed by atoms with van der Waals surface area (Å²) in [6.07, 6.45) is 0.425. The predicted octanol–water partition coefficient (Wildman–Crippen LogP) is 2.06. The molecule has 0 aliphatic heterocycles. The largest absolute Gasteiger partial charge is 0.480 e.